The van der Waals surface area contributed by atoms with E-state index in [2.05, 4.69) is 5.32 Å². The first-order valence-electron chi connectivity index (χ1n) is 7.82. The number of nitrogens with one attached hydrogen (secondary N) is 1. The van der Waals surface area contributed by atoms with Gasteiger partial charge in [-0.1, -0.05) is 6.42 Å². The Balaban J connectivity index is 2.84. The zero-order valence-corrected chi connectivity index (χ0v) is 14.5. The number of rotatable bonds is 4. The first kappa shape index (κ1) is 19.3. The first-order chi connectivity index (χ1) is 10.7. The summed E-state index contributed by atoms with van der Waals surface area (Å²) in [5.74, 6) is -1.61. The maximum atomic E-state index is 12.2. The van der Waals surface area contributed by atoms with Crippen LogP contribution in [0.4, 0.5) is 4.79 Å². The van der Waals surface area contributed by atoms with E-state index in [9.17, 15) is 14.4 Å². The molecule has 0 radical (unpaired) electrons. The molecule has 0 aromatic carbocycles. The second-order valence-electron chi connectivity index (χ2n) is 6.77. The lowest BCUT2D eigenvalue weighted by molar-refractivity contribution is -0.152. The molecule has 1 fully saturated rings. The molecule has 0 spiro atoms. The van der Waals surface area contributed by atoms with Crippen molar-refractivity contribution >= 4 is 18.0 Å². The fraction of sp³-hybridized carbons (Fsp3) is 0.812. The summed E-state index contributed by atoms with van der Waals surface area (Å²) in [5.41, 5.74) is -0.620. The summed E-state index contributed by atoms with van der Waals surface area (Å²) in [6.45, 7) is 5.31. The molecule has 1 rings (SSSR count). The van der Waals surface area contributed by atoms with Gasteiger partial charge in [-0.3, -0.25) is 9.59 Å². The molecule has 23 heavy (non-hydrogen) atoms. The molecule has 132 valence electrons. The molecule has 1 aliphatic rings. The summed E-state index contributed by atoms with van der Waals surface area (Å²) < 4.78 is 14.8. The molecule has 1 amide bonds. The summed E-state index contributed by atoms with van der Waals surface area (Å²) in [6, 6.07) is -0.416. The number of amides is 1. The van der Waals surface area contributed by atoms with Crippen molar-refractivity contribution in [3.63, 3.8) is 0 Å². The van der Waals surface area contributed by atoms with E-state index in [1.54, 1.807) is 20.8 Å². The van der Waals surface area contributed by atoms with Gasteiger partial charge < -0.3 is 19.5 Å². The maximum absolute atomic E-state index is 12.2. The lowest BCUT2D eigenvalue weighted by atomic mass is 9.74. The minimum Gasteiger partial charge on any atom is -0.469 e. The van der Waals surface area contributed by atoms with Crippen LogP contribution in [-0.2, 0) is 23.8 Å². The fourth-order valence-electron chi connectivity index (χ4n) is 2.93. The predicted octanol–water partition coefficient (Wildman–Crippen LogP) is 2.03. The van der Waals surface area contributed by atoms with Gasteiger partial charge in [-0.05, 0) is 39.5 Å². The molecule has 1 N–H and O–H groups in total. The number of carbonyl (C=O) groups excluding carboxylic acids is 3. The fourth-order valence-corrected chi connectivity index (χ4v) is 2.93. The molecular formula is C16H27NO6. The second-order valence-corrected chi connectivity index (χ2v) is 6.77. The number of carbonyl (C=O) groups is 3. The Labute approximate surface area is 137 Å². The molecule has 0 bridgehead atoms. The van der Waals surface area contributed by atoms with Crippen molar-refractivity contribution in [1.82, 2.24) is 5.32 Å². The molecule has 0 heterocycles. The van der Waals surface area contributed by atoms with Crippen molar-refractivity contribution in [2.24, 2.45) is 11.8 Å². The number of alkyl carbamates (subject to hydrolysis) is 1. The van der Waals surface area contributed by atoms with E-state index in [0.717, 1.165) is 6.42 Å². The monoisotopic (exact) mass is 329 g/mol. The first-order valence-corrected chi connectivity index (χ1v) is 7.82. The van der Waals surface area contributed by atoms with Crippen LogP contribution in [0.1, 0.15) is 46.5 Å². The molecule has 0 aromatic heterocycles. The zero-order chi connectivity index (χ0) is 17.6. The van der Waals surface area contributed by atoms with Crippen LogP contribution in [0, 0.1) is 11.8 Å². The highest BCUT2D eigenvalue weighted by Crippen LogP contribution is 2.34. The van der Waals surface area contributed by atoms with Gasteiger partial charge in [0.05, 0.1) is 20.1 Å². The Bertz CT molecular complexity index is 442. The smallest absolute Gasteiger partial charge is 0.407 e. The quantitative estimate of drug-likeness (QED) is 0.627. The average molecular weight is 329 g/mol. The number of hydrogen-bond donors (Lipinski definition) is 1. The van der Waals surface area contributed by atoms with Gasteiger partial charge in [-0.2, -0.15) is 0 Å². The highest BCUT2D eigenvalue weighted by Gasteiger charge is 2.41. The van der Waals surface area contributed by atoms with Gasteiger partial charge in [-0.25, -0.2) is 4.79 Å². The van der Waals surface area contributed by atoms with E-state index in [1.165, 1.54) is 14.2 Å². The molecule has 1 saturated carbocycles. The average Bonchev–Trinajstić information content (AvgIpc) is 2.44. The van der Waals surface area contributed by atoms with E-state index in [0.29, 0.717) is 12.8 Å². The van der Waals surface area contributed by atoms with Gasteiger partial charge in [0, 0.05) is 12.5 Å². The van der Waals surface area contributed by atoms with Crippen LogP contribution in [0.2, 0.25) is 0 Å². The Morgan fingerprint density at radius 3 is 2.26 bits per heavy atom. The Morgan fingerprint density at radius 2 is 1.74 bits per heavy atom. The lowest BCUT2D eigenvalue weighted by Gasteiger charge is -2.36. The predicted molar refractivity (Wildman–Crippen MR) is 82.6 cm³/mol. The molecule has 3 atom stereocenters. The second kappa shape index (κ2) is 8.17. The van der Waals surface area contributed by atoms with Gasteiger partial charge in [0.25, 0.3) is 0 Å². The number of esters is 2. The van der Waals surface area contributed by atoms with Crippen LogP contribution in [0.3, 0.4) is 0 Å². The number of ether oxygens (including phenoxy) is 3. The lowest BCUT2D eigenvalue weighted by Crippen LogP contribution is -2.50. The van der Waals surface area contributed by atoms with E-state index in [-0.39, 0.29) is 18.3 Å². The molecule has 1 aliphatic carbocycles. The minimum absolute atomic E-state index is 0.128. The Morgan fingerprint density at radius 1 is 1.09 bits per heavy atom. The summed E-state index contributed by atoms with van der Waals surface area (Å²) in [7, 11) is 2.62. The third-order valence-corrected chi connectivity index (χ3v) is 3.86. The van der Waals surface area contributed by atoms with Gasteiger partial charge in [-0.15, -0.1) is 0 Å². The van der Waals surface area contributed by atoms with Gasteiger partial charge in [0.15, 0.2) is 0 Å². The normalized spacial score (nSPS) is 24.5. The van der Waals surface area contributed by atoms with Crippen molar-refractivity contribution in [1.29, 1.82) is 0 Å². The van der Waals surface area contributed by atoms with Gasteiger partial charge >= 0.3 is 18.0 Å². The molecule has 0 saturated heterocycles. The van der Waals surface area contributed by atoms with Gasteiger partial charge in [0.1, 0.15) is 5.60 Å². The Hall–Kier alpha value is -1.79. The molecule has 7 heteroatoms. The van der Waals surface area contributed by atoms with Gasteiger partial charge in [0.2, 0.25) is 0 Å². The van der Waals surface area contributed by atoms with Crippen LogP contribution >= 0.6 is 0 Å². The topological polar surface area (TPSA) is 90.9 Å². The van der Waals surface area contributed by atoms with Crippen molar-refractivity contribution in [3.05, 3.63) is 0 Å². The van der Waals surface area contributed by atoms with E-state index < -0.39 is 29.6 Å². The summed E-state index contributed by atoms with van der Waals surface area (Å²) in [5, 5.41) is 2.75. The van der Waals surface area contributed by atoms with Crippen molar-refractivity contribution in [2.45, 2.75) is 58.1 Å². The molecule has 0 aromatic rings. The summed E-state index contributed by atoms with van der Waals surface area (Å²) in [4.78, 5) is 35.7. The molecular weight excluding hydrogens is 302 g/mol. The van der Waals surface area contributed by atoms with E-state index >= 15 is 0 Å². The highest BCUT2D eigenvalue weighted by molar-refractivity contribution is 5.77. The summed E-state index contributed by atoms with van der Waals surface area (Å²) >= 11 is 0. The highest BCUT2D eigenvalue weighted by atomic mass is 16.6. The van der Waals surface area contributed by atoms with Crippen LogP contribution in [-0.4, -0.2) is 43.9 Å². The maximum Gasteiger partial charge on any atom is 0.407 e. The van der Waals surface area contributed by atoms with Crippen LogP contribution < -0.4 is 5.32 Å². The van der Waals surface area contributed by atoms with E-state index in [4.69, 9.17) is 14.2 Å². The molecule has 0 aliphatic heterocycles. The van der Waals surface area contributed by atoms with Crippen LogP contribution in [0.25, 0.3) is 0 Å². The van der Waals surface area contributed by atoms with Crippen molar-refractivity contribution in [2.75, 3.05) is 14.2 Å². The number of methoxy groups -OCH3 is 2. The standard InChI is InChI=1S/C16H27NO6/c1-16(2,3)23-15(20)17-11-8-6-7-10(9-12(18)21-4)13(11)14(19)22-5/h10-11,13H,6-9H2,1-5H3,(H,17,20)/t10-,11-,13-/m1/s1. The van der Waals surface area contributed by atoms with E-state index in [1.807, 2.05) is 0 Å². The third-order valence-electron chi connectivity index (χ3n) is 3.86. The number of hydrogen-bond acceptors (Lipinski definition) is 6. The zero-order valence-electron chi connectivity index (χ0n) is 14.5. The third kappa shape index (κ3) is 6.08. The van der Waals surface area contributed by atoms with Crippen LogP contribution in [0.15, 0.2) is 0 Å². The SMILES string of the molecule is COC(=O)C[C@H]1CCC[C@@H](NC(=O)OC(C)(C)C)[C@@H]1C(=O)OC. The molecule has 7 nitrogen and oxygen atoms in total. The van der Waals surface area contributed by atoms with Crippen LogP contribution in [0.5, 0.6) is 0 Å². The summed E-state index contributed by atoms with van der Waals surface area (Å²) in [6.07, 6.45) is 1.70. The Kier molecular flexibility index (Phi) is 6.84. The largest absolute Gasteiger partial charge is 0.469 e. The minimum atomic E-state index is -0.620. The molecule has 0 unspecified atom stereocenters. The van der Waals surface area contributed by atoms with Crippen molar-refractivity contribution < 1.29 is 28.6 Å². The van der Waals surface area contributed by atoms with Crippen molar-refractivity contribution in [3.8, 4) is 0 Å².